The molecule has 7 heteroatoms. The highest BCUT2D eigenvalue weighted by Crippen LogP contribution is 2.55. The lowest BCUT2D eigenvalue weighted by Gasteiger charge is -2.56. The van der Waals surface area contributed by atoms with Gasteiger partial charge in [0, 0.05) is 18.5 Å². The Morgan fingerprint density at radius 2 is 2.03 bits per heavy atom. The lowest BCUT2D eigenvalue weighted by atomic mass is 9.52. The lowest BCUT2D eigenvalue weighted by Crippen LogP contribution is -2.59. The van der Waals surface area contributed by atoms with E-state index in [1.807, 2.05) is 19.9 Å². The quantitative estimate of drug-likeness (QED) is 0.569. The van der Waals surface area contributed by atoms with Crippen LogP contribution in [0.25, 0.3) is 0 Å². The molecule has 1 heterocycles. The van der Waals surface area contributed by atoms with Crippen LogP contribution in [0.4, 0.5) is 4.79 Å². The summed E-state index contributed by atoms with van der Waals surface area (Å²) in [5.74, 6) is 0.473. The number of aliphatic hydroxyl groups excluding tert-OH is 1. The van der Waals surface area contributed by atoms with Crippen LogP contribution in [0.2, 0.25) is 0 Å². The molecule has 2 fully saturated rings. The average Bonchev–Trinajstić information content (AvgIpc) is 3.22. The Morgan fingerprint density at radius 1 is 1.30 bits per heavy atom. The molecule has 1 aromatic rings. The summed E-state index contributed by atoms with van der Waals surface area (Å²) < 4.78 is 5.29. The van der Waals surface area contributed by atoms with Crippen molar-refractivity contribution in [3.05, 3.63) is 24.2 Å². The molecule has 0 aliphatic heterocycles. The van der Waals surface area contributed by atoms with Gasteiger partial charge in [-0.15, -0.1) is 0 Å². The molecule has 2 aliphatic carbocycles. The van der Waals surface area contributed by atoms with E-state index in [1.165, 1.54) is 0 Å². The van der Waals surface area contributed by atoms with E-state index in [4.69, 9.17) is 4.42 Å². The summed E-state index contributed by atoms with van der Waals surface area (Å²) in [6.07, 6.45) is 4.75. The van der Waals surface area contributed by atoms with Gasteiger partial charge in [-0.1, -0.05) is 20.8 Å². The van der Waals surface area contributed by atoms with Crippen molar-refractivity contribution in [1.29, 1.82) is 0 Å². The van der Waals surface area contributed by atoms with Gasteiger partial charge >= 0.3 is 6.03 Å². The van der Waals surface area contributed by atoms with Gasteiger partial charge < -0.3 is 25.5 Å². The third kappa shape index (κ3) is 4.66. The first kappa shape index (κ1) is 22.7. The molecule has 4 N–H and O–H groups in total. The van der Waals surface area contributed by atoms with E-state index < -0.39 is 6.10 Å². The number of furan rings is 1. The molecule has 3 rings (SSSR count). The zero-order chi connectivity index (χ0) is 21.9. The maximum absolute atomic E-state index is 12.8. The number of aliphatic hydroxyl groups is 1. The molecule has 3 amide bonds. The molecule has 30 heavy (non-hydrogen) atoms. The van der Waals surface area contributed by atoms with Crippen molar-refractivity contribution in [3.63, 3.8) is 0 Å². The number of hydrogen-bond acceptors (Lipinski definition) is 4. The fourth-order valence-corrected chi connectivity index (χ4v) is 5.82. The van der Waals surface area contributed by atoms with Crippen LogP contribution in [0.1, 0.15) is 59.1 Å². The van der Waals surface area contributed by atoms with Crippen molar-refractivity contribution >= 4 is 11.9 Å². The Kier molecular flexibility index (Phi) is 7.11. The maximum Gasteiger partial charge on any atom is 0.315 e. The second-order valence-electron chi connectivity index (χ2n) is 9.47. The zero-order valence-corrected chi connectivity index (χ0v) is 18.6. The second kappa shape index (κ2) is 9.41. The van der Waals surface area contributed by atoms with E-state index in [2.05, 4.69) is 29.8 Å². The largest absolute Gasteiger partial charge is 0.467 e. The summed E-state index contributed by atoms with van der Waals surface area (Å²) in [4.78, 5) is 24.8. The lowest BCUT2D eigenvalue weighted by molar-refractivity contribution is -0.142. The van der Waals surface area contributed by atoms with E-state index in [9.17, 15) is 14.7 Å². The van der Waals surface area contributed by atoms with Gasteiger partial charge in [-0.3, -0.25) is 4.79 Å². The Labute approximate surface area is 179 Å². The van der Waals surface area contributed by atoms with E-state index in [0.717, 1.165) is 25.7 Å². The van der Waals surface area contributed by atoms with Crippen molar-refractivity contribution < 1.29 is 19.1 Å². The van der Waals surface area contributed by atoms with Crippen molar-refractivity contribution in [2.24, 2.45) is 29.1 Å². The van der Waals surface area contributed by atoms with Crippen molar-refractivity contribution in [2.45, 2.75) is 72.1 Å². The van der Waals surface area contributed by atoms with Crippen molar-refractivity contribution in [3.8, 4) is 0 Å². The summed E-state index contributed by atoms with van der Waals surface area (Å²) in [6.45, 7) is 9.14. The van der Waals surface area contributed by atoms with Gasteiger partial charge in [0.15, 0.2) is 0 Å². The first-order valence-electron chi connectivity index (χ1n) is 11.3. The highest BCUT2D eigenvalue weighted by Gasteiger charge is 2.53. The van der Waals surface area contributed by atoms with E-state index in [0.29, 0.717) is 18.8 Å². The van der Waals surface area contributed by atoms with Crippen LogP contribution in [0.3, 0.4) is 0 Å². The molecule has 0 bridgehead atoms. The van der Waals surface area contributed by atoms with Crippen molar-refractivity contribution in [1.82, 2.24) is 16.0 Å². The monoisotopic (exact) mass is 419 g/mol. The molecule has 168 valence electrons. The molecular formula is C23H37N3O4. The van der Waals surface area contributed by atoms with E-state index >= 15 is 0 Å². The minimum absolute atomic E-state index is 0.0334. The van der Waals surface area contributed by atoms with Gasteiger partial charge in [-0.25, -0.2) is 4.79 Å². The first-order valence-corrected chi connectivity index (χ1v) is 11.3. The molecule has 0 aromatic carbocycles. The summed E-state index contributed by atoms with van der Waals surface area (Å²) in [7, 11) is 0. The number of fused-ring (bicyclic) bond motifs is 1. The zero-order valence-electron chi connectivity index (χ0n) is 18.6. The Morgan fingerprint density at radius 3 is 2.70 bits per heavy atom. The molecule has 7 nitrogen and oxygen atoms in total. The van der Waals surface area contributed by atoms with Gasteiger partial charge in [-0.05, 0) is 67.9 Å². The molecule has 1 aromatic heterocycles. The van der Waals surface area contributed by atoms with Crippen LogP contribution in [0.15, 0.2) is 22.8 Å². The summed E-state index contributed by atoms with van der Waals surface area (Å²) in [5, 5.41) is 20.2. The SMILES string of the molecule is CCNC(=O)N[C@@H]1CC[C@@]2(C)CC[C@@H]([C@H](C)C(=O)NCc3ccco3)[C@H](O)[C@H]2[C@@H]1C. The van der Waals surface area contributed by atoms with Gasteiger partial charge in [0.2, 0.25) is 5.91 Å². The van der Waals surface area contributed by atoms with Crippen molar-refractivity contribution in [2.75, 3.05) is 6.54 Å². The van der Waals surface area contributed by atoms with Crippen LogP contribution in [0.5, 0.6) is 0 Å². The molecular weight excluding hydrogens is 382 g/mol. The number of hydrogen-bond donors (Lipinski definition) is 4. The Bertz CT molecular complexity index is 722. The van der Waals surface area contributed by atoms with Crippen LogP contribution in [-0.2, 0) is 11.3 Å². The second-order valence-corrected chi connectivity index (χ2v) is 9.47. The minimum Gasteiger partial charge on any atom is -0.467 e. The van der Waals surface area contributed by atoms with Gasteiger partial charge in [0.1, 0.15) is 5.76 Å². The minimum atomic E-state index is -0.568. The number of nitrogens with one attached hydrogen (secondary N) is 3. The molecule has 0 unspecified atom stereocenters. The Hall–Kier alpha value is -2.02. The third-order valence-corrected chi connectivity index (χ3v) is 7.61. The normalized spacial score (nSPS) is 34.5. The molecule has 2 saturated carbocycles. The molecule has 0 radical (unpaired) electrons. The number of rotatable bonds is 6. The average molecular weight is 420 g/mol. The summed E-state index contributed by atoms with van der Waals surface area (Å²) in [6, 6.07) is 3.51. The van der Waals surface area contributed by atoms with Crippen LogP contribution in [-0.4, -0.2) is 35.7 Å². The predicted octanol–water partition coefficient (Wildman–Crippen LogP) is 3.04. The number of carbonyl (C=O) groups excluding carboxylic acids is 2. The van der Waals surface area contributed by atoms with Crippen LogP contribution >= 0.6 is 0 Å². The standard InChI is InChI=1S/C23H37N3O4/c1-5-24-22(29)26-18-9-11-23(4)10-8-17(20(27)19(23)15(18)3)14(2)21(28)25-13-16-7-6-12-30-16/h6-7,12,14-15,17-20,27H,5,8-11,13H2,1-4H3,(H,25,28)(H2,24,26,29)/t14-,15+,17-,18+,19+,20-,23+/m0/s1. The van der Waals surface area contributed by atoms with E-state index in [-0.39, 0.29) is 47.1 Å². The number of urea groups is 1. The van der Waals surface area contributed by atoms with Crippen LogP contribution in [0, 0.1) is 29.1 Å². The maximum atomic E-state index is 12.8. The smallest absolute Gasteiger partial charge is 0.315 e. The number of amides is 3. The van der Waals surface area contributed by atoms with E-state index in [1.54, 1.807) is 12.3 Å². The van der Waals surface area contributed by atoms with Gasteiger partial charge in [0.05, 0.1) is 18.9 Å². The van der Waals surface area contributed by atoms with Crippen LogP contribution < -0.4 is 16.0 Å². The third-order valence-electron chi connectivity index (χ3n) is 7.61. The Balaban J connectivity index is 1.66. The summed E-state index contributed by atoms with van der Waals surface area (Å²) in [5.41, 5.74) is 0.0408. The predicted molar refractivity (Wildman–Crippen MR) is 114 cm³/mol. The van der Waals surface area contributed by atoms with Gasteiger partial charge in [-0.2, -0.15) is 0 Å². The fourth-order valence-electron chi connectivity index (χ4n) is 5.82. The summed E-state index contributed by atoms with van der Waals surface area (Å²) >= 11 is 0. The molecule has 7 atom stereocenters. The van der Waals surface area contributed by atoms with Gasteiger partial charge in [0.25, 0.3) is 0 Å². The molecule has 2 aliphatic rings. The highest BCUT2D eigenvalue weighted by atomic mass is 16.3. The topological polar surface area (TPSA) is 104 Å². The fraction of sp³-hybridized carbons (Fsp3) is 0.739. The number of carbonyl (C=O) groups is 2. The highest BCUT2D eigenvalue weighted by molar-refractivity contribution is 5.78. The first-order chi connectivity index (χ1) is 14.3. The molecule has 0 saturated heterocycles. The molecule has 0 spiro atoms.